The van der Waals surface area contributed by atoms with Crippen LogP contribution in [0.1, 0.15) is 5.56 Å². The normalized spacial score (nSPS) is 10.8. The molecule has 19 heavy (non-hydrogen) atoms. The molecule has 0 aliphatic heterocycles. The lowest BCUT2D eigenvalue weighted by atomic mass is 10.2. The Bertz CT molecular complexity index is 655. The largest absolute Gasteiger partial charge is 0.326 e. The summed E-state index contributed by atoms with van der Waals surface area (Å²) in [7, 11) is 2.04. The molecule has 0 aliphatic rings. The van der Waals surface area contributed by atoms with Crippen LogP contribution < -0.4 is 10.6 Å². The number of hydrogen-bond donors (Lipinski definition) is 1. The first-order valence-corrected chi connectivity index (χ1v) is 6.98. The molecule has 0 radical (unpaired) electrons. The van der Waals surface area contributed by atoms with Crippen LogP contribution in [0.2, 0.25) is 0 Å². The van der Waals surface area contributed by atoms with E-state index in [1.165, 1.54) is 4.70 Å². The summed E-state index contributed by atoms with van der Waals surface area (Å²) in [6.45, 7) is 0.575. The minimum Gasteiger partial charge on any atom is -0.326 e. The van der Waals surface area contributed by atoms with E-state index in [9.17, 15) is 0 Å². The molecule has 0 spiro atoms. The van der Waals surface area contributed by atoms with Gasteiger partial charge in [0, 0.05) is 19.3 Å². The molecule has 3 nitrogen and oxygen atoms in total. The van der Waals surface area contributed by atoms with Gasteiger partial charge in [0.25, 0.3) is 0 Å². The zero-order valence-electron chi connectivity index (χ0n) is 10.7. The molecule has 3 aromatic rings. The first-order chi connectivity index (χ1) is 9.28. The summed E-state index contributed by atoms with van der Waals surface area (Å²) in [5.41, 5.74) is 8.92. The number of benzene rings is 2. The second-order valence-corrected chi connectivity index (χ2v) is 5.40. The van der Waals surface area contributed by atoms with Crippen molar-refractivity contribution >= 4 is 32.4 Å². The Morgan fingerprint density at radius 1 is 1.11 bits per heavy atom. The fourth-order valence-electron chi connectivity index (χ4n) is 1.97. The van der Waals surface area contributed by atoms with Crippen LogP contribution >= 0.6 is 11.3 Å². The van der Waals surface area contributed by atoms with Crippen molar-refractivity contribution in [2.45, 2.75) is 6.54 Å². The van der Waals surface area contributed by atoms with Gasteiger partial charge in [0.2, 0.25) is 0 Å². The average Bonchev–Trinajstić information content (AvgIpc) is 2.90. The SMILES string of the molecule is CN(c1ccc(CN)cc1)c1nc2ccccc2s1. The molecule has 0 amide bonds. The topological polar surface area (TPSA) is 42.1 Å². The van der Waals surface area contributed by atoms with Crippen LogP contribution in [0.15, 0.2) is 48.5 Å². The van der Waals surface area contributed by atoms with E-state index in [0.717, 1.165) is 21.9 Å². The number of nitrogens with zero attached hydrogens (tertiary/aromatic N) is 2. The zero-order valence-corrected chi connectivity index (χ0v) is 11.5. The van der Waals surface area contributed by atoms with Gasteiger partial charge < -0.3 is 10.6 Å². The van der Waals surface area contributed by atoms with Gasteiger partial charge in [-0.2, -0.15) is 0 Å². The van der Waals surface area contributed by atoms with Crippen LogP contribution in [0.4, 0.5) is 10.8 Å². The van der Waals surface area contributed by atoms with Crippen LogP contribution in [0.3, 0.4) is 0 Å². The molecule has 2 aromatic carbocycles. The highest BCUT2D eigenvalue weighted by molar-refractivity contribution is 7.22. The lowest BCUT2D eigenvalue weighted by Crippen LogP contribution is -2.09. The number of nitrogens with two attached hydrogens (primary N) is 1. The summed E-state index contributed by atoms with van der Waals surface area (Å²) in [5.74, 6) is 0. The van der Waals surface area contributed by atoms with Gasteiger partial charge in [0.15, 0.2) is 5.13 Å². The standard InChI is InChI=1S/C15H15N3S/c1-18(12-8-6-11(10-16)7-9-12)15-17-13-4-2-3-5-14(13)19-15/h2-9H,10,16H2,1H3. The van der Waals surface area contributed by atoms with E-state index in [4.69, 9.17) is 5.73 Å². The fraction of sp³-hybridized carbons (Fsp3) is 0.133. The molecule has 3 rings (SSSR count). The van der Waals surface area contributed by atoms with Gasteiger partial charge in [0.05, 0.1) is 10.2 Å². The van der Waals surface area contributed by atoms with Crippen molar-refractivity contribution in [3.8, 4) is 0 Å². The van der Waals surface area contributed by atoms with Crippen molar-refractivity contribution in [1.29, 1.82) is 0 Å². The number of rotatable bonds is 3. The third-order valence-corrected chi connectivity index (χ3v) is 4.24. The molecule has 1 heterocycles. The third kappa shape index (κ3) is 2.32. The molecule has 2 N–H and O–H groups in total. The van der Waals surface area contributed by atoms with E-state index >= 15 is 0 Å². The van der Waals surface area contributed by atoms with E-state index in [0.29, 0.717) is 6.54 Å². The number of hydrogen-bond acceptors (Lipinski definition) is 4. The molecule has 0 fully saturated rings. The Morgan fingerprint density at radius 3 is 2.53 bits per heavy atom. The molecule has 96 valence electrons. The van der Waals surface area contributed by atoms with E-state index < -0.39 is 0 Å². The lowest BCUT2D eigenvalue weighted by molar-refractivity contribution is 1.07. The monoisotopic (exact) mass is 269 g/mol. The van der Waals surface area contributed by atoms with E-state index in [1.54, 1.807) is 11.3 Å². The van der Waals surface area contributed by atoms with Crippen molar-refractivity contribution < 1.29 is 0 Å². The molecule has 0 unspecified atom stereocenters. The van der Waals surface area contributed by atoms with Crippen LogP contribution in [-0.4, -0.2) is 12.0 Å². The Kier molecular flexibility index (Phi) is 3.19. The number of para-hydroxylation sites is 1. The molecule has 0 aliphatic carbocycles. The summed E-state index contributed by atoms with van der Waals surface area (Å²) in [6, 6.07) is 16.5. The van der Waals surface area contributed by atoms with Crippen LogP contribution in [-0.2, 0) is 6.54 Å². The molecule has 0 atom stereocenters. The van der Waals surface area contributed by atoms with Crippen LogP contribution in [0.25, 0.3) is 10.2 Å². The van der Waals surface area contributed by atoms with Crippen molar-refractivity contribution in [2.24, 2.45) is 5.73 Å². The summed E-state index contributed by atoms with van der Waals surface area (Å²) < 4.78 is 1.21. The maximum absolute atomic E-state index is 5.61. The minimum atomic E-state index is 0.575. The Morgan fingerprint density at radius 2 is 1.84 bits per heavy atom. The Labute approximate surface area is 116 Å². The summed E-state index contributed by atoms with van der Waals surface area (Å²) in [5, 5.41) is 1.00. The molecule has 1 aromatic heterocycles. The lowest BCUT2D eigenvalue weighted by Gasteiger charge is -2.15. The molecular weight excluding hydrogens is 254 g/mol. The first kappa shape index (κ1) is 12.1. The van der Waals surface area contributed by atoms with Crippen LogP contribution in [0.5, 0.6) is 0 Å². The molecule has 0 saturated carbocycles. The highest BCUT2D eigenvalue weighted by atomic mass is 32.1. The number of anilines is 2. The molecule has 0 bridgehead atoms. The van der Waals surface area contributed by atoms with Gasteiger partial charge in [-0.1, -0.05) is 35.6 Å². The average molecular weight is 269 g/mol. The second-order valence-electron chi connectivity index (χ2n) is 4.39. The van der Waals surface area contributed by atoms with Crippen molar-refractivity contribution in [2.75, 3.05) is 11.9 Å². The highest BCUT2D eigenvalue weighted by Gasteiger charge is 2.09. The van der Waals surface area contributed by atoms with Gasteiger partial charge in [-0.25, -0.2) is 4.98 Å². The van der Waals surface area contributed by atoms with Gasteiger partial charge in [-0.15, -0.1) is 0 Å². The highest BCUT2D eigenvalue weighted by Crippen LogP contribution is 2.31. The summed E-state index contributed by atoms with van der Waals surface area (Å²) in [6.07, 6.45) is 0. The fourth-order valence-corrected chi connectivity index (χ4v) is 2.92. The van der Waals surface area contributed by atoms with E-state index in [-0.39, 0.29) is 0 Å². The first-order valence-electron chi connectivity index (χ1n) is 6.16. The predicted molar refractivity (Wildman–Crippen MR) is 82.0 cm³/mol. The van der Waals surface area contributed by atoms with E-state index in [1.807, 2.05) is 25.2 Å². The second kappa shape index (κ2) is 4.99. The summed E-state index contributed by atoms with van der Waals surface area (Å²) in [4.78, 5) is 6.75. The molecular formula is C15H15N3S. The number of aromatic nitrogens is 1. The van der Waals surface area contributed by atoms with Gasteiger partial charge >= 0.3 is 0 Å². The van der Waals surface area contributed by atoms with Crippen LogP contribution in [0, 0.1) is 0 Å². The van der Waals surface area contributed by atoms with Gasteiger partial charge in [-0.3, -0.25) is 0 Å². The molecule has 4 heteroatoms. The maximum atomic E-state index is 5.61. The van der Waals surface area contributed by atoms with Crippen molar-refractivity contribution in [3.05, 3.63) is 54.1 Å². The molecule has 0 saturated heterocycles. The smallest absolute Gasteiger partial charge is 0.190 e. The number of thiazole rings is 1. The maximum Gasteiger partial charge on any atom is 0.190 e. The Balaban J connectivity index is 1.95. The van der Waals surface area contributed by atoms with Crippen molar-refractivity contribution in [1.82, 2.24) is 4.98 Å². The zero-order chi connectivity index (χ0) is 13.2. The third-order valence-electron chi connectivity index (χ3n) is 3.13. The minimum absolute atomic E-state index is 0.575. The predicted octanol–water partition coefficient (Wildman–Crippen LogP) is 3.52. The Hall–Kier alpha value is -1.91. The summed E-state index contributed by atoms with van der Waals surface area (Å²) >= 11 is 1.70. The number of fused-ring (bicyclic) bond motifs is 1. The van der Waals surface area contributed by atoms with E-state index in [2.05, 4.69) is 40.2 Å². The van der Waals surface area contributed by atoms with Crippen molar-refractivity contribution in [3.63, 3.8) is 0 Å². The quantitative estimate of drug-likeness (QED) is 0.791. The van der Waals surface area contributed by atoms with Gasteiger partial charge in [0.1, 0.15) is 0 Å². The van der Waals surface area contributed by atoms with Gasteiger partial charge in [-0.05, 0) is 29.8 Å².